The molecular formula is C26H28BrNO4. The number of halogens is 1. The number of carboxylic acids is 1. The zero-order valence-corrected chi connectivity index (χ0v) is 20.2. The van der Waals surface area contributed by atoms with Crippen LogP contribution in [0.5, 0.6) is 5.75 Å². The van der Waals surface area contributed by atoms with Crippen molar-refractivity contribution in [3.63, 3.8) is 0 Å². The highest BCUT2D eigenvalue weighted by Gasteiger charge is 2.33. The molecule has 3 aromatic rings. The fraction of sp³-hybridized carbons (Fsp3) is 0.385. The van der Waals surface area contributed by atoms with Crippen LogP contribution in [0.3, 0.4) is 0 Å². The summed E-state index contributed by atoms with van der Waals surface area (Å²) in [5, 5.41) is 9.57. The Balaban J connectivity index is 1.44. The molecule has 6 heteroatoms. The standard InChI is InChI=1S/C26H28BrNO4/c1-4-19(26(29)30)20-9-8-17-13-24(22(27)14-21(17)20)31-11-10-23-16(3)32-25(28-23)18-7-5-6-15(2)12-18/h5-7,12-14,19-20H,4,8-11H2,1-3H3,(H,29,30). The summed E-state index contributed by atoms with van der Waals surface area (Å²) in [5.41, 5.74) is 5.36. The van der Waals surface area contributed by atoms with Crippen LogP contribution in [0.25, 0.3) is 11.5 Å². The van der Waals surface area contributed by atoms with Crippen molar-refractivity contribution in [2.45, 2.75) is 52.4 Å². The number of oxazole rings is 1. The van der Waals surface area contributed by atoms with Gasteiger partial charge in [-0.05, 0) is 90.4 Å². The third-order valence-electron chi connectivity index (χ3n) is 6.31. The zero-order valence-electron chi connectivity index (χ0n) is 18.7. The van der Waals surface area contributed by atoms with E-state index in [9.17, 15) is 9.90 Å². The molecule has 0 amide bonds. The molecule has 0 saturated carbocycles. The molecule has 0 bridgehead atoms. The van der Waals surface area contributed by atoms with Gasteiger partial charge >= 0.3 is 5.97 Å². The maximum Gasteiger partial charge on any atom is 0.307 e. The number of rotatable bonds is 8. The predicted octanol–water partition coefficient (Wildman–Crippen LogP) is 6.48. The number of hydrogen-bond acceptors (Lipinski definition) is 4. The Morgan fingerprint density at radius 1 is 1.31 bits per heavy atom. The summed E-state index contributed by atoms with van der Waals surface area (Å²) < 4.78 is 12.8. The second-order valence-corrected chi connectivity index (χ2v) is 9.32. The molecular weight excluding hydrogens is 470 g/mol. The van der Waals surface area contributed by atoms with Gasteiger partial charge in [-0.1, -0.05) is 24.6 Å². The van der Waals surface area contributed by atoms with Gasteiger partial charge in [0.15, 0.2) is 0 Å². The fourth-order valence-electron chi connectivity index (χ4n) is 4.62. The van der Waals surface area contributed by atoms with Crippen LogP contribution in [0.4, 0.5) is 0 Å². The topological polar surface area (TPSA) is 72.6 Å². The molecule has 5 nitrogen and oxygen atoms in total. The maximum atomic E-state index is 11.6. The highest BCUT2D eigenvalue weighted by atomic mass is 79.9. The van der Waals surface area contributed by atoms with E-state index >= 15 is 0 Å². The highest BCUT2D eigenvalue weighted by molar-refractivity contribution is 9.10. The van der Waals surface area contributed by atoms with Crippen molar-refractivity contribution >= 4 is 21.9 Å². The predicted molar refractivity (Wildman–Crippen MR) is 127 cm³/mol. The van der Waals surface area contributed by atoms with Gasteiger partial charge in [-0.15, -0.1) is 0 Å². The van der Waals surface area contributed by atoms with E-state index in [0.717, 1.165) is 45.6 Å². The number of ether oxygens (including phenoxy) is 1. The number of hydrogen-bond donors (Lipinski definition) is 1. The van der Waals surface area contributed by atoms with E-state index in [1.165, 1.54) is 11.1 Å². The summed E-state index contributed by atoms with van der Waals surface area (Å²) in [6.07, 6.45) is 3.03. The molecule has 0 saturated heterocycles. The number of benzene rings is 2. The van der Waals surface area contributed by atoms with Crippen molar-refractivity contribution in [1.29, 1.82) is 0 Å². The number of fused-ring (bicyclic) bond motifs is 1. The van der Waals surface area contributed by atoms with E-state index in [1.807, 2.05) is 32.0 Å². The lowest BCUT2D eigenvalue weighted by atomic mass is 9.85. The van der Waals surface area contributed by atoms with E-state index in [1.54, 1.807) is 0 Å². The van der Waals surface area contributed by atoms with Gasteiger partial charge in [0.25, 0.3) is 0 Å². The van der Waals surface area contributed by atoms with Gasteiger partial charge in [0, 0.05) is 12.0 Å². The molecule has 2 unspecified atom stereocenters. The second-order valence-electron chi connectivity index (χ2n) is 8.47. The van der Waals surface area contributed by atoms with Gasteiger partial charge in [0.2, 0.25) is 5.89 Å². The first-order valence-corrected chi connectivity index (χ1v) is 11.9. The van der Waals surface area contributed by atoms with E-state index < -0.39 is 5.97 Å². The van der Waals surface area contributed by atoms with Crippen LogP contribution in [0, 0.1) is 19.8 Å². The Hall–Kier alpha value is -2.60. The van der Waals surface area contributed by atoms with Crippen LogP contribution in [0.15, 0.2) is 45.3 Å². The van der Waals surface area contributed by atoms with Gasteiger partial charge < -0.3 is 14.3 Å². The van der Waals surface area contributed by atoms with Crippen molar-refractivity contribution in [3.8, 4) is 17.2 Å². The highest BCUT2D eigenvalue weighted by Crippen LogP contribution is 2.43. The minimum absolute atomic E-state index is 0.0654. The molecule has 1 aromatic heterocycles. The molecule has 1 aliphatic carbocycles. The van der Waals surface area contributed by atoms with E-state index in [4.69, 9.17) is 9.15 Å². The normalized spacial score (nSPS) is 16.1. The summed E-state index contributed by atoms with van der Waals surface area (Å²) in [4.78, 5) is 16.3. The molecule has 1 N–H and O–H groups in total. The summed E-state index contributed by atoms with van der Waals surface area (Å²) in [6, 6.07) is 12.2. The van der Waals surface area contributed by atoms with E-state index in [-0.39, 0.29) is 11.8 Å². The van der Waals surface area contributed by atoms with Crippen molar-refractivity contribution < 1.29 is 19.1 Å². The van der Waals surface area contributed by atoms with Gasteiger partial charge in [-0.25, -0.2) is 4.98 Å². The SMILES string of the molecule is CCC(C(=O)O)C1CCc2cc(OCCc3nc(-c4cccc(C)c4)oc3C)c(Br)cc21. The fourth-order valence-corrected chi connectivity index (χ4v) is 5.09. The van der Waals surface area contributed by atoms with Crippen molar-refractivity contribution in [1.82, 2.24) is 4.98 Å². The first-order valence-electron chi connectivity index (χ1n) is 11.1. The lowest BCUT2D eigenvalue weighted by Crippen LogP contribution is -2.19. The van der Waals surface area contributed by atoms with Crippen molar-refractivity contribution in [2.24, 2.45) is 5.92 Å². The molecule has 0 spiro atoms. The van der Waals surface area contributed by atoms with Gasteiger partial charge in [0.05, 0.1) is 22.7 Å². The number of carboxylic acid groups (broad SMARTS) is 1. The molecule has 32 heavy (non-hydrogen) atoms. The zero-order chi connectivity index (χ0) is 22.8. The molecule has 1 aliphatic rings. The molecule has 168 valence electrons. The Kier molecular flexibility index (Phi) is 6.70. The van der Waals surface area contributed by atoms with Crippen LogP contribution in [0.2, 0.25) is 0 Å². The van der Waals surface area contributed by atoms with E-state index in [0.29, 0.717) is 25.3 Å². The third kappa shape index (κ3) is 4.60. The Bertz CT molecular complexity index is 1140. The first kappa shape index (κ1) is 22.6. The summed E-state index contributed by atoms with van der Waals surface area (Å²) in [6.45, 7) is 6.40. The number of nitrogens with zero attached hydrogens (tertiary/aromatic N) is 1. The van der Waals surface area contributed by atoms with Crippen LogP contribution < -0.4 is 4.74 Å². The summed E-state index contributed by atoms with van der Waals surface area (Å²) in [5.74, 6) is 1.24. The summed E-state index contributed by atoms with van der Waals surface area (Å²) in [7, 11) is 0. The second kappa shape index (κ2) is 9.49. The molecule has 4 rings (SSSR count). The van der Waals surface area contributed by atoms with Crippen LogP contribution >= 0.6 is 15.9 Å². The number of aliphatic carboxylic acids is 1. The van der Waals surface area contributed by atoms with Crippen LogP contribution in [0.1, 0.15) is 53.8 Å². The summed E-state index contributed by atoms with van der Waals surface area (Å²) >= 11 is 3.62. The minimum atomic E-state index is -0.713. The lowest BCUT2D eigenvalue weighted by Gasteiger charge is -2.19. The maximum absolute atomic E-state index is 11.6. The Morgan fingerprint density at radius 3 is 2.84 bits per heavy atom. The van der Waals surface area contributed by atoms with E-state index in [2.05, 4.69) is 46.0 Å². The molecule has 2 atom stereocenters. The van der Waals surface area contributed by atoms with Gasteiger partial charge in [0.1, 0.15) is 11.5 Å². The monoisotopic (exact) mass is 497 g/mol. The third-order valence-corrected chi connectivity index (χ3v) is 6.93. The number of aromatic nitrogens is 1. The molecule has 0 fully saturated rings. The van der Waals surface area contributed by atoms with Gasteiger partial charge in [-0.3, -0.25) is 4.79 Å². The average molecular weight is 498 g/mol. The number of carbonyl (C=O) groups is 1. The largest absolute Gasteiger partial charge is 0.492 e. The minimum Gasteiger partial charge on any atom is -0.492 e. The molecule has 1 heterocycles. The lowest BCUT2D eigenvalue weighted by molar-refractivity contribution is -0.142. The molecule has 0 aliphatic heterocycles. The first-order chi connectivity index (χ1) is 15.4. The molecule has 0 radical (unpaired) electrons. The number of aryl methyl sites for hydroxylation is 3. The van der Waals surface area contributed by atoms with Crippen LogP contribution in [-0.4, -0.2) is 22.7 Å². The Morgan fingerprint density at radius 2 is 2.12 bits per heavy atom. The Labute approximate surface area is 197 Å². The molecule has 2 aromatic carbocycles. The van der Waals surface area contributed by atoms with Crippen molar-refractivity contribution in [3.05, 3.63) is 69.0 Å². The average Bonchev–Trinajstić information content (AvgIpc) is 3.32. The quantitative estimate of drug-likeness (QED) is 0.385. The van der Waals surface area contributed by atoms with Crippen LogP contribution in [-0.2, 0) is 17.6 Å². The smallest absolute Gasteiger partial charge is 0.307 e. The van der Waals surface area contributed by atoms with Crippen molar-refractivity contribution in [2.75, 3.05) is 6.61 Å². The van der Waals surface area contributed by atoms with Gasteiger partial charge in [-0.2, -0.15) is 0 Å².